The Kier molecular flexibility index (Phi) is 5.65. The highest BCUT2D eigenvalue weighted by Crippen LogP contribution is 2.69. The third-order valence-corrected chi connectivity index (χ3v) is 16.4. The second kappa shape index (κ2) is 7.89. The molecule has 4 unspecified atom stereocenters. The first-order valence-corrected chi connectivity index (χ1v) is 17.2. The van der Waals surface area contributed by atoms with E-state index in [2.05, 4.69) is 53.8 Å². The van der Waals surface area contributed by atoms with Crippen molar-refractivity contribution in [2.45, 2.75) is 115 Å². The molecule has 198 valence electrons. The van der Waals surface area contributed by atoms with Crippen LogP contribution in [0.5, 0.6) is 0 Å². The lowest BCUT2D eigenvalue weighted by atomic mass is 9.47. The van der Waals surface area contributed by atoms with Crippen molar-refractivity contribution in [3.8, 4) is 0 Å². The van der Waals surface area contributed by atoms with Gasteiger partial charge < -0.3 is 23.4 Å². The zero-order chi connectivity index (χ0) is 24.9. The quantitative estimate of drug-likeness (QED) is 0.320. The smallest absolute Gasteiger partial charge is 0.192 e. The molecule has 2 heterocycles. The average molecular weight is 505 g/mol. The Morgan fingerprint density at radius 3 is 2.14 bits per heavy atom. The maximum atomic E-state index is 7.36. The minimum atomic E-state index is -1.97. The average Bonchev–Trinajstić information content (AvgIpc) is 3.50. The number of hydrogen-bond acceptors (Lipinski definition) is 5. The Balaban J connectivity index is 1.41. The first-order chi connectivity index (χ1) is 16.4. The highest BCUT2D eigenvalue weighted by atomic mass is 28.4. The van der Waals surface area contributed by atoms with Crippen molar-refractivity contribution in [2.24, 2.45) is 28.6 Å². The Hall–Kier alpha value is -0.243. The van der Waals surface area contributed by atoms with Gasteiger partial charge in [-0.25, -0.2) is 0 Å². The van der Waals surface area contributed by atoms with Gasteiger partial charge in [0.2, 0.25) is 0 Å². The molecule has 0 aromatic rings. The van der Waals surface area contributed by atoms with Gasteiger partial charge in [0.15, 0.2) is 19.9 Å². The molecule has 0 bridgehead atoms. The number of ether oxygens (including phenoxy) is 4. The van der Waals surface area contributed by atoms with Gasteiger partial charge in [0.1, 0.15) is 0 Å². The third-order valence-electron chi connectivity index (χ3n) is 12.0. The molecule has 0 N–H and O–H groups in total. The molecule has 5 nitrogen and oxygen atoms in total. The highest BCUT2D eigenvalue weighted by molar-refractivity contribution is 6.74. The largest absolute Gasteiger partial charge is 0.410 e. The van der Waals surface area contributed by atoms with Gasteiger partial charge >= 0.3 is 0 Å². The van der Waals surface area contributed by atoms with Gasteiger partial charge in [-0.05, 0) is 67.0 Å². The van der Waals surface area contributed by atoms with Crippen molar-refractivity contribution in [3.63, 3.8) is 0 Å². The van der Waals surface area contributed by atoms with E-state index in [1.54, 1.807) is 5.57 Å². The summed E-state index contributed by atoms with van der Waals surface area (Å²) < 4.78 is 32.7. The van der Waals surface area contributed by atoms with E-state index in [9.17, 15) is 0 Å². The molecule has 2 saturated heterocycles. The molecule has 35 heavy (non-hydrogen) atoms. The summed E-state index contributed by atoms with van der Waals surface area (Å²) >= 11 is 0. The van der Waals surface area contributed by atoms with Gasteiger partial charge in [0.05, 0.1) is 32.5 Å². The Labute approximate surface area is 213 Å². The lowest BCUT2D eigenvalue weighted by Crippen LogP contribution is -2.60. The molecular weight excluding hydrogens is 456 g/mol. The second-order valence-electron chi connectivity index (χ2n) is 14.5. The number of fused-ring (bicyclic) bond motifs is 6. The standard InChI is InChI=1S/C29H48O5Si/c1-25(2,3)35(6,7)34-23-18-20-19-28(30-14-15-31-28)13-12-26(20,4)21-8-10-27(5)22(24(21)23)9-11-29(27)32-16-17-33-29/h18,21-24H,8-17,19H2,1-7H3/t21?,22?,23?,24?,26-,27-/m0/s1. The summed E-state index contributed by atoms with van der Waals surface area (Å²) in [5.74, 6) is 0.941. The van der Waals surface area contributed by atoms with E-state index >= 15 is 0 Å². The van der Waals surface area contributed by atoms with Crippen molar-refractivity contribution in [1.29, 1.82) is 0 Å². The van der Waals surface area contributed by atoms with E-state index in [1.165, 1.54) is 19.3 Å². The molecular formula is C29H48O5Si. The topological polar surface area (TPSA) is 46.2 Å². The molecule has 0 aromatic carbocycles. The van der Waals surface area contributed by atoms with E-state index in [-0.39, 0.29) is 27.8 Å². The zero-order valence-corrected chi connectivity index (χ0v) is 24.2. The molecule has 5 fully saturated rings. The van der Waals surface area contributed by atoms with Crippen LogP contribution in [0.1, 0.15) is 79.6 Å². The molecule has 0 amide bonds. The molecule has 6 atom stereocenters. The van der Waals surface area contributed by atoms with Crippen LogP contribution in [0.3, 0.4) is 0 Å². The summed E-state index contributed by atoms with van der Waals surface area (Å²) in [5, 5.41) is 0.180. The first-order valence-electron chi connectivity index (χ1n) is 14.3. The van der Waals surface area contributed by atoms with Crippen LogP contribution in [-0.2, 0) is 23.4 Å². The zero-order valence-electron chi connectivity index (χ0n) is 23.2. The second-order valence-corrected chi connectivity index (χ2v) is 19.2. The monoisotopic (exact) mass is 504 g/mol. The maximum absolute atomic E-state index is 7.36. The van der Waals surface area contributed by atoms with Crippen molar-refractivity contribution in [1.82, 2.24) is 0 Å². The molecule has 6 aliphatic rings. The Morgan fingerprint density at radius 1 is 0.857 bits per heavy atom. The molecule has 3 saturated carbocycles. The lowest BCUT2D eigenvalue weighted by Gasteiger charge is -2.61. The molecule has 6 heteroatoms. The molecule has 6 rings (SSSR count). The van der Waals surface area contributed by atoms with Crippen LogP contribution >= 0.6 is 0 Å². The SMILES string of the molecule is CC(C)(C)[Si](C)(C)OC1C=C2CC3(CC[C@]2(C)C2CC[C@@]4(C)C(CCC45OCCO5)C12)OCCO3. The third kappa shape index (κ3) is 3.49. The summed E-state index contributed by atoms with van der Waals surface area (Å²) in [6.45, 7) is 19.9. The summed E-state index contributed by atoms with van der Waals surface area (Å²) in [5.41, 5.74) is 1.81. The molecule has 0 radical (unpaired) electrons. The predicted octanol–water partition coefficient (Wildman–Crippen LogP) is 6.44. The van der Waals surface area contributed by atoms with E-state index in [1.807, 2.05) is 0 Å². The highest BCUT2D eigenvalue weighted by Gasteiger charge is 2.69. The van der Waals surface area contributed by atoms with Crippen LogP contribution in [0.15, 0.2) is 11.6 Å². The number of rotatable bonds is 2. The molecule has 0 aromatic heterocycles. The fourth-order valence-corrected chi connectivity index (χ4v) is 10.1. The minimum Gasteiger partial charge on any atom is -0.410 e. The van der Waals surface area contributed by atoms with Crippen molar-refractivity contribution < 1.29 is 23.4 Å². The summed E-state index contributed by atoms with van der Waals surface area (Å²) in [6.07, 6.45) is 10.4. The van der Waals surface area contributed by atoms with Crippen molar-refractivity contribution in [2.75, 3.05) is 26.4 Å². The predicted molar refractivity (Wildman–Crippen MR) is 138 cm³/mol. The van der Waals surface area contributed by atoms with E-state index in [0.717, 1.165) is 52.1 Å². The van der Waals surface area contributed by atoms with Crippen LogP contribution in [0.25, 0.3) is 0 Å². The van der Waals surface area contributed by atoms with Gasteiger partial charge in [0.25, 0.3) is 0 Å². The fraction of sp³-hybridized carbons (Fsp3) is 0.931. The molecule has 2 spiro atoms. The summed E-state index contributed by atoms with van der Waals surface area (Å²) in [7, 11) is -1.97. The maximum Gasteiger partial charge on any atom is 0.192 e. The summed E-state index contributed by atoms with van der Waals surface area (Å²) in [6, 6.07) is 0. The first kappa shape index (κ1) is 25.1. The van der Waals surface area contributed by atoms with E-state index < -0.39 is 14.1 Å². The van der Waals surface area contributed by atoms with Crippen LogP contribution < -0.4 is 0 Å². The fourth-order valence-electron chi connectivity index (χ4n) is 8.83. The van der Waals surface area contributed by atoms with Gasteiger partial charge in [-0.2, -0.15) is 0 Å². The van der Waals surface area contributed by atoms with Gasteiger partial charge in [-0.15, -0.1) is 0 Å². The Bertz CT molecular complexity index is 880. The normalized spacial score (nSPS) is 44.3. The van der Waals surface area contributed by atoms with E-state index in [0.29, 0.717) is 17.8 Å². The minimum absolute atomic E-state index is 0.0645. The molecule has 4 aliphatic carbocycles. The summed E-state index contributed by atoms with van der Waals surface area (Å²) in [4.78, 5) is 0. The lowest BCUT2D eigenvalue weighted by molar-refractivity contribution is -0.247. The van der Waals surface area contributed by atoms with E-state index in [4.69, 9.17) is 23.4 Å². The van der Waals surface area contributed by atoms with Crippen LogP contribution in [0.2, 0.25) is 18.1 Å². The van der Waals surface area contributed by atoms with Gasteiger partial charge in [-0.1, -0.05) is 46.3 Å². The number of hydrogen-bond donors (Lipinski definition) is 0. The van der Waals surface area contributed by atoms with Crippen LogP contribution in [-0.4, -0.2) is 52.4 Å². The Morgan fingerprint density at radius 2 is 1.49 bits per heavy atom. The van der Waals surface area contributed by atoms with Gasteiger partial charge in [-0.3, -0.25) is 0 Å². The van der Waals surface area contributed by atoms with Crippen LogP contribution in [0.4, 0.5) is 0 Å². The van der Waals surface area contributed by atoms with Crippen LogP contribution in [0, 0.1) is 28.6 Å². The molecule has 2 aliphatic heterocycles. The van der Waals surface area contributed by atoms with Gasteiger partial charge in [0, 0.05) is 24.7 Å². The van der Waals surface area contributed by atoms with Crippen molar-refractivity contribution in [3.05, 3.63) is 11.6 Å². The van der Waals surface area contributed by atoms with Crippen molar-refractivity contribution >= 4 is 8.32 Å².